The van der Waals surface area contributed by atoms with Crippen LogP contribution in [0, 0.1) is 0 Å². The third kappa shape index (κ3) is 6.32. The highest BCUT2D eigenvalue weighted by atomic mass is 16.5. The van der Waals surface area contributed by atoms with Gasteiger partial charge in [0.2, 0.25) is 0 Å². The third-order valence-corrected chi connectivity index (χ3v) is 6.19. The van der Waals surface area contributed by atoms with Crippen LogP contribution in [0.4, 0.5) is 0 Å². The standard InChI is InChI=1S/C28H37N3O2/c1-5-7-18-30(21-23-14-16-25(17-15-23)28(32)33-4)22(3)26-20-29-27(31(26)19-8-6-2)24-12-10-9-11-13-24/h9-17,20,22H,5-8,18-19,21H2,1-4H3. The number of carbonyl (C=O) groups excluding carboxylic acids is 1. The Bertz CT molecular complexity index is 996. The number of aromatic nitrogens is 2. The fraction of sp³-hybridized carbons (Fsp3) is 0.429. The number of unbranched alkanes of at least 4 members (excludes halogenated alkanes) is 2. The van der Waals surface area contributed by atoms with Crippen LogP contribution in [0.25, 0.3) is 11.4 Å². The van der Waals surface area contributed by atoms with Gasteiger partial charge in [-0.15, -0.1) is 0 Å². The Kier molecular flexibility index (Phi) is 9.25. The number of methoxy groups -OCH3 is 1. The second-order valence-electron chi connectivity index (χ2n) is 8.57. The lowest BCUT2D eigenvalue weighted by Crippen LogP contribution is -2.29. The average molecular weight is 448 g/mol. The first-order valence-electron chi connectivity index (χ1n) is 12.1. The van der Waals surface area contributed by atoms with Crippen LogP contribution < -0.4 is 0 Å². The number of carbonyl (C=O) groups is 1. The lowest BCUT2D eigenvalue weighted by molar-refractivity contribution is 0.0600. The van der Waals surface area contributed by atoms with Crippen molar-refractivity contribution in [3.8, 4) is 11.4 Å². The lowest BCUT2D eigenvalue weighted by atomic mass is 10.1. The molecule has 0 fully saturated rings. The molecule has 0 bridgehead atoms. The summed E-state index contributed by atoms with van der Waals surface area (Å²) in [4.78, 5) is 19.2. The van der Waals surface area contributed by atoms with Crippen molar-refractivity contribution < 1.29 is 9.53 Å². The fourth-order valence-electron chi connectivity index (χ4n) is 4.15. The van der Waals surface area contributed by atoms with E-state index < -0.39 is 0 Å². The van der Waals surface area contributed by atoms with Crippen LogP contribution in [0.15, 0.2) is 60.8 Å². The Hall–Kier alpha value is -2.92. The molecule has 33 heavy (non-hydrogen) atoms. The zero-order valence-electron chi connectivity index (χ0n) is 20.5. The number of benzene rings is 2. The van der Waals surface area contributed by atoms with Gasteiger partial charge in [-0.25, -0.2) is 9.78 Å². The molecule has 0 saturated carbocycles. The van der Waals surface area contributed by atoms with Crippen molar-refractivity contribution in [2.24, 2.45) is 0 Å². The minimum Gasteiger partial charge on any atom is -0.465 e. The molecule has 176 valence electrons. The number of imidazole rings is 1. The Balaban J connectivity index is 1.88. The van der Waals surface area contributed by atoms with Gasteiger partial charge in [-0.2, -0.15) is 0 Å². The van der Waals surface area contributed by atoms with E-state index in [1.54, 1.807) is 0 Å². The van der Waals surface area contributed by atoms with Gasteiger partial charge in [0.1, 0.15) is 5.82 Å². The van der Waals surface area contributed by atoms with Gasteiger partial charge < -0.3 is 9.30 Å². The normalized spacial score (nSPS) is 12.2. The van der Waals surface area contributed by atoms with Crippen molar-refractivity contribution in [1.29, 1.82) is 0 Å². The van der Waals surface area contributed by atoms with Gasteiger partial charge in [-0.3, -0.25) is 4.90 Å². The maximum atomic E-state index is 11.8. The van der Waals surface area contributed by atoms with E-state index in [2.05, 4.69) is 60.7 Å². The minimum atomic E-state index is -0.300. The van der Waals surface area contributed by atoms with Crippen molar-refractivity contribution in [3.05, 3.63) is 77.6 Å². The molecule has 0 aliphatic rings. The SMILES string of the molecule is CCCCN(Cc1ccc(C(=O)OC)cc1)C(C)c1cnc(-c2ccccc2)n1CCCC. The number of hydrogen-bond donors (Lipinski definition) is 0. The maximum Gasteiger partial charge on any atom is 0.337 e. The van der Waals surface area contributed by atoms with Crippen LogP contribution in [0.1, 0.15) is 74.1 Å². The Morgan fingerprint density at radius 1 is 1.03 bits per heavy atom. The molecule has 0 N–H and O–H groups in total. The molecule has 1 atom stereocenters. The van der Waals surface area contributed by atoms with Crippen molar-refractivity contribution >= 4 is 5.97 Å². The zero-order valence-corrected chi connectivity index (χ0v) is 20.5. The highest BCUT2D eigenvalue weighted by molar-refractivity contribution is 5.89. The van der Waals surface area contributed by atoms with Crippen LogP contribution in [0.3, 0.4) is 0 Å². The topological polar surface area (TPSA) is 47.4 Å². The predicted octanol–water partition coefficient (Wildman–Crippen LogP) is 6.50. The van der Waals surface area contributed by atoms with Gasteiger partial charge in [0.25, 0.3) is 0 Å². The molecule has 1 unspecified atom stereocenters. The van der Waals surface area contributed by atoms with Crippen LogP contribution in [0.5, 0.6) is 0 Å². The molecule has 1 heterocycles. The average Bonchev–Trinajstić information content (AvgIpc) is 3.29. The van der Waals surface area contributed by atoms with Crippen LogP contribution in [-0.2, 0) is 17.8 Å². The summed E-state index contributed by atoms with van der Waals surface area (Å²) in [6.07, 6.45) is 6.61. The fourth-order valence-corrected chi connectivity index (χ4v) is 4.15. The molecule has 2 aromatic carbocycles. The zero-order chi connectivity index (χ0) is 23.6. The third-order valence-electron chi connectivity index (χ3n) is 6.19. The van der Waals surface area contributed by atoms with Crippen molar-refractivity contribution in [1.82, 2.24) is 14.5 Å². The van der Waals surface area contributed by atoms with Crippen molar-refractivity contribution in [2.75, 3.05) is 13.7 Å². The molecule has 5 heteroatoms. The van der Waals surface area contributed by atoms with Gasteiger partial charge >= 0.3 is 5.97 Å². The van der Waals surface area contributed by atoms with Gasteiger partial charge in [0, 0.05) is 24.7 Å². The number of esters is 1. The van der Waals surface area contributed by atoms with Gasteiger partial charge in [-0.05, 0) is 44.0 Å². The number of ether oxygens (including phenoxy) is 1. The van der Waals surface area contributed by atoms with E-state index >= 15 is 0 Å². The largest absolute Gasteiger partial charge is 0.465 e. The first kappa shape index (κ1) is 24.7. The first-order valence-corrected chi connectivity index (χ1v) is 12.1. The van der Waals surface area contributed by atoms with Crippen LogP contribution in [-0.4, -0.2) is 34.1 Å². The van der Waals surface area contributed by atoms with E-state index in [-0.39, 0.29) is 12.0 Å². The molecule has 3 rings (SSSR count). The molecule has 1 aromatic heterocycles. The monoisotopic (exact) mass is 447 g/mol. The maximum absolute atomic E-state index is 11.8. The first-order chi connectivity index (χ1) is 16.1. The molecular weight excluding hydrogens is 410 g/mol. The molecule has 0 aliphatic heterocycles. The Morgan fingerprint density at radius 2 is 1.73 bits per heavy atom. The van der Waals surface area contributed by atoms with Gasteiger partial charge in [-0.1, -0.05) is 69.2 Å². The summed E-state index contributed by atoms with van der Waals surface area (Å²) in [6.45, 7) is 9.54. The summed E-state index contributed by atoms with van der Waals surface area (Å²) in [5.41, 5.74) is 4.18. The minimum absolute atomic E-state index is 0.221. The van der Waals surface area contributed by atoms with E-state index in [4.69, 9.17) is 9.72 Å². The second kappa shape index (κ2) is 12.4. The number of nitrogens with zero attached hydrogens (tertiary/aromatic N) is 3. The number of rotatable bonds is 12. The summed E-state index contributed by atoms with van der Waals surface area (Å²) >= 11 is 0. The Labute approximate surface area is 198 Å². The van der Waals surface area contributed by atoms with E-state index in [0.29, 0.717) is 5.56 Å². The van der Waals surface area contributed by atoms with E-state index in [1.807, 2.05) is 30.3 Å². The lowest BCUT2D eigenvalue weighted by Gasteiger charge is -2.30. The Morgan fingerprint density at radius 3 is 2.36 bits per heavy atom. The summed E-state index contributed by atoms with van der Waals surface area (Å²) in [6, 6.07) is 18.4. The second-order valence-corrected chi connectivity index (χ2v) is 8.57. The highest BCUT2D eigenvalue weighted by Gasteiger charge is 2.22. The molecule has 5 nitrogen and oxygen atoms in total. The molecule has 0 amide bonds. The summed E-state index contributed by atoms with van der Waals surface area (Å²) in [7, 11) is 1.41. The van der Waals surface area contributed by atoms with Gasteiger partial charge in [0.15, 0.2) is 0 Å². The van der Waals surface area contributed by atoms with E-state index in [9.17, 15) is 4.79 Å². The predicted molar refractivity (Wildman–Crippen MR) is 134 cm³/mol. The molecule has 3 aromatic rings. The quantitative estimate of drug-likeness (QED) is 0.297. The molecule has 0 saturated heterocycles. The van der Waals surface area contributed by atoms with Gasteiger partial charge in [0.05, 0.1) is 24.6 Å². The number of hydrogen-bond acceptors (Lipinski definition) is 4. The van der Waals surface area contributed by atoms with Crippen LogP contribution >= 0.6 is 0 Å². The highest BCUT2D eigenvalue weighted by Crippen LogP contribution is 2.28. The molecule has 0 radical (unpaired) electrons. The van der Waals surface area contributed by atoms with Crippen molar-refractivity contribution in [2.45, 2.75) is 65.6 Å². The summed E-state index contributed by atoms with van der Waals surface area (Å²) in [5.74, 6) is 0.745. The van der Waals surface area contributed by atoms with Crippen molar-refractivity contribution in [3.63, 3.8) is 0 Å². The van der Waals surface area contributed by atoms with E-state index in [1.165, 1.54) is 18.4 Å². The molecular formula is C28H37N3O2. The molecule has 0 aliphatic carbocycles. The van der Waals surface area contributed by atoms with E-state index in [0.717, 1.165) is 56.7 Å². The molecule has 0 spiro atoms. The summed E-state index contributed by atoms with van der Waals surface area (Å²) < 4.78 is 7.24. The smallest absolute Gasteiger partial charge is 0.337 e. The summed E-state index contributed by atoms with van der Waals surface area (Å²) in [5, 5.41) is 0. The van der Waals surface area contributed by atoms with Crippen LogP contribution in [0.2, 0.25) is 0 Å².